The summed E-state index contributed by atoms with van der Waals surface area (Å²) in [4.78, 5) is 5.09. The average molecular weight is 294 g/mol. The predicted octanol–water partition coefficient (Wildman–Crippen LogP) is 3.15. The number of thioether (sulfide) groups is 1. The summed E-state index contributed by atoms with van der Waals surface area (Å²) in [5, 5.41) is 0. The van der Waals surface area contributed by atoms with E-state index in [2.05, 4.69) is 21.6 Å². The molecule has 1 aromatic rings. The molecule has 0 radical (unpaired) electrons. The van der Waals surface area contributed by atoms with Gasteiger partial charge in [-0.3, -0.25) is 4.90 Å². The average Bonchev–Trinajstić information content (AvgIpc) is 2.48. The molecule has 0 aromatic heterocycles. The first-order valence-electron chi connectivity index (χ1n) is 7.57. The molecule has 0 amide bonds. The Balaban J connectivity index is 1.60. The third kappa shape index (κ3) is 3.12. The number of anilines is 1. The number of nitrogens with zero attached hydrogens (tertiary/aromatic N) is 2. The smallest absolute Gasteiger partial charge is 0.123 e. The molecule has 0 bridgehead atoms. The van der Waals surface area contributed by atoms with E-state index in [1.54, 1.807) is 12.1 Å². The monoisotopic (exact) mass is 294 g/mol. The van der Waals surface area contributed by atoms with Crippen molar-refractivity contribution in [2.24, 2.45) is 0 Å². The summed E-state index contributed by atoms with van der Waals surface area (Å²) in [5.41, 5.74) is 2.26. The van der Waals surface area contributed by atoms with Crippen molar-refractivity contribution in [3.05, 3.63) is 29.6 Å². The van der Waals surface area contributed by atoms with Crippen LogP contribution in [0.4, 0.5) is 10.1 Å². The van der Waals surface area contributed by atoms with Crippen LogP contribution in [-0.4, -0.2) is 48.6 Å². The van der Waals surface area contributed by atoms with Crippen molar-refractivity contribution >= 4 is 17.4 Å². The Morgan fingerprint density at radius 3 is 2.45 bits per heavy atom. The van der Waals surface area contributed by atoms with Crippen LogP contribution in [0, 0.1) is 12.7 Å². The van der Waals surface area contributed by atoms with Crippen molar-refractivity contribution in [1.82, 2.24) is 4.90 Å². The van der Waals surface area contributed by atoms with Crippen LogP contribution in [-0.2, 0) is 0 Å². The minimum atomic E-state index is -0.132. The molecule has 20 heavy (non-hydrogen) atoms. The van der Waals surface area contributed by atoms with E-state index in [1.165, 1.54) is 43.1 Å². The largest absolute Gasteiger partial charge is 0.371 e. The van der Waals surface area contributed by atoms with Gasteiger partial charge in [0.1, 0.15) is 5.82 Å². The Hall–Kier alpha value is -0.740. The molecule has 2 nitrogen and oxygen atoms in total. The Kier molecular flexibility index (Phi) is 4.51. The second-order valence-corrected chi connectivity index (χ2v) is 7.02. The van der Waals surface area contributed by atoms with Gasteiger partial charge in [0.2, 0.25) is 0 Å². The van der Waals surface area contributed by atoms with Gasteiger partial charge in [0, 0.05) is 49.4 Å². The van der Waals surface area contributed by atoms with Crippen LogP contribution in [0.15, 0.2) is 18.2 Å². The quantitative estimate of drug-likeness (QED) is 0.827. The van der Waals surface area contributed by atoms with Crippen LogP contribution in [0.25, 0.3) is 0 Å². The lowest BCUT2D eigenvalue weighted by atomic mass is 10.0. The highest BCUT2D eigenvalue weighted by atomic mass is 32.2. The molecular weight excluding hydrogens is 271 g/mol. The Labute approximate surface area is 125 Å². The number of aryl methyl sites for hydroxylation is 1. The number of rotatable bonds is 2. The van der Waals surface area contributed by atoms with Gasteiger partial charge in [0.25, 0.3) is 0 Å². The SMILES string of the molecule is Cc1cc(F)ccc1N1CCC(N2CCSCC2)CC1. The van der Waals surface area contributed by atoms with Crippen molar-refractivity contribution in [2.45, 2.75) is 25.8 Å². The number of hydrogen-bond acceptors (Lipinski definition) is 3. The third-order valence-electron chi connectivity index (χ3n) is 4.53. The van der Waals surface area contributed by atoms with Crippen LogP contribution in [0.3, 0.4) is 0 Å². The van der Waals surface area contributed by atoms with Gasteiger partial charge in [-0.05, 0) is 43.5 Å². The first-order chi connectivity index (χ1) is 9.74. The van der Waals surface area contributed by atoms with Crippen LogP contribution in [0.1, 0.15) is 18.4 Å². The molecule has 0 aliphatic carbocycles. The summed E-state index contributed by atoms with van der Waals surface area (Å²) in [7, 11) is 0. The fraction of sp³-hybridized carbons (Fsp3) is 0.625. The summed E-state index contributed by atoms with van der Waals surface area (Å²) in [6.07, 6.45) is 2.48. The molecular formula is C16H23FN2S. The fourth-order valence-corrected chi connectivity index (χ4v) is 4.32. The topological polar surface area (TPSA) is 6.48 Å². The van der Waals surface area contributed by atoms with Crippen LogP contribution in [0.5, 0.6) is 0 Å². The summed E-state index contributed by atoms with van der Waals surface area (Å²) >= 11 is 2.08. The van der Waals surface area contributed by atoms with Gasteiger partial charge in [-0.1, -0.05) is 0 Å². The molecule has 0 spiro atoms. The zero-order valence-electron chi connectivity index (χ0n) is 12.1. The van der Waals surface area contributed by atoms with Crippen molar-refractivity contribution in [3.8, 4) is 0 Å². The summed E-state index contributed by atoms with van der Waals surface area (Å²) in [6, 6.07) is 5.91. The zero-order chi connectivity index (χ0) is 13.9. The predicted molar refractivity (Wildman–Crippen MR) is 85.3 cm³/mol. The fourth-order valence-electron chi connectivity index (χ4n) is 3.39. The van der Waals surface area contributed by atoms with Gasteiger partial charge < -0.3 is 4.90 Å². The second kappa shape index (κ2) is 6.35. The van der Waals surface area contributed by atoms with Crippen molar-refractivity contribution in [2.75, 3.05) is 42.6 Å². The van der Waals surface area contributed by atoms with E-state index in [1.807, 2.05) is 13.0 Å². The maximum Gasteiger partial charge on any atom is 0.123 e. The lowest BCUT2D eigenvalue weighted by molar-refractivity contribution is 0.186. The second-order valence-electron chi connectivity index (χ2n) is 5.80. The number of piperidine rings is 1. The third-order valence-corrected chi connectivity index (χ3v) is 5.47. The molecule has 2 aliphatic rings. The summed E-state index contributed by atoms with van der Waals surface area (Å²) in [5.74, 6) is 2.45. The van der Waals surface area contributed by atoms with Gasteiger partial charge in [-0.15, -0.1) is 0 Å². The maximum atomic E-state index is 13.2. The minimum absolute atomic E-state index is 0.132. The highest BCUT2D eigenvalue weighted by Gasteiger charge is 2.26. The molecule has 0 unspecified atom stereocenters. The molecule has 2 saturated heterocycles. The van der Waals surface area contributed by atoms with E-state index in [4.69, 9.17) is 0 Å². The van der Waals surface area contributed by atoms with E-state index in [0.29, 0.717) is 0 Å². The molecule has 2 heterocycles. The molecule has 2 aliphatic heterocycles. The Morgan fingerprint density at radius 1 is 1.10 bits per heavy atom. The normalized spacial score (nSPS) is 22.2. The van der Waals surface area contributed by atoms with Crippen LogP contribution < -0.4 is 4.90 Å². The zero-order valence-corrected chi connectivity index (χ0v) is 13.0. The van der Waals surface area contributed by atoms with E-state index < -0.39 is 0 Å². The molecule has 2 fully saturated rings. The number of halogens is 1. The highest BCUT2D eigenvalue weighted by molar-refractivity contribution is 7.99. The van der Waals surface area contributed by atoms with Gasteiger partial charge in [-0.2, -0.15) is 11.8 Å². The van der Waals surface area contributed by atoms with Gasteiger partial charge in [-0.25, -0.2) is 4.39 Å². The summed E-state index contributed by atoms with van der Waals surface area (Å²) < 4.78 is 13.2. The van der Waals surface area contributed by atoms with E-state index in [-0.39, 0.29) is 5.82 Å². The van der Waals surface area contributed by atoms with Gasteiger partial charge >= 0.3 is 0 Å². The standard InChI is InChI=1S/C16H23FN2S/c1-13-12-14(17)2-3-16(13)19-6-4-15(5-7-19)18-8-10-20-11-9-18/h2-3,12,15H,4-11H2,1H3. The Bertz CT molecular complexity index is 452. The molecule has 4 heteroatoms. The molecule has 3 rings (SSSR count). The van der Waals surface area contributed by atoms with E-state index in [9.17, 15) is 4.39 Å². The number of benzene rings is 1. The number of hydrogen-bond donors (Lipinski definition) is 0. The molecule has 0 saturated carbocycles. The minimum Gasteiger partial charge on any atom is -0.371 e. The van der Waals surface area contributed by atoms with Crippen molar-refractivity contribution in [3.63, 3.8) is 0 Å². The maximum absolute atomic E-state index is 13.2. The lowest BCUT2D eigenvalue weighted by Crippen LogP contribution is -2.47. The van der Waals surface area contributed by atoms with E-state index in [0.717, 1.165) is 24.7 Å². The highest BCUT2D eigenvalue weighted by Crippen LogP contribution is 2.27. The lowest BCUT2D eigenvalue weighted by Gasteiger charge is -2.41. The van der Waals surface area contributed by atoms with Crippen LogP contribution in [0.2, 0.25) is 0 Å². The molecule has 0 atom stereocenters. The molecule has 0 N–H and O–H groups in total. The van der Waals surface area contributed by atoms with Gasteiger partial charge in [0.15, 0.2) is 0 Å². The summed E-state index contributed by atoms with van der Waals surface area (Å²) in [6.45, 7) is 6.71. The molecule has 110 valence electrons. The molecule has 1 aromatic carbocycles. The van der Waals surface area contributed by atoms with E-state index >= 15 is 0 Å². The van der Waals surface area contributed by atoms with Crippen LogP contribution >= 0.6 is 11.8 Å². The van der Waals surface area contributed by atoms with Crippen molar-refractivity contribution in [1.29, 1.82) is 0 Å². The Morgan fingerprint density at radius 2 is 1.80 bits per heavy atom. The van der Waals surface area contributed by atoms with Crippen molar-refractivity contribution < 1.29 is 4.39 Å². The first kappa shape index (κ1) is 14.2. The van der Waals surface area contributed by atoms with Gasteiger partial charge in [0.05, 0.1) is 0 Å². The first-order valence-corrected chi connectivity index (χ1v) is 8.72.